The zero-order valence-corrected chi connectivity index (χ0v) is 8.65. The van der Waals surface area contributed by atoms with E-state index in [1.807, 2.05) is 4.72 Å². The SMILES string of the molecule is CNS(=O)(=O)Nc1cnn(CC(=O)O)c1. The molecule has 1 heterocycles. The summed E-state index contributed by atoms with van der Waals surface area (Å²) in [5, 5.41) is 12.1. The van der Waals surface area contributed by atoms with E-state index in [-0.39, 0.29) is 12.2 Å². The van der Waals surface area contributed by atoms with Crippen LogP contribution in [-0.4, -0.2) is 36.3 Å². The predicted molar refractivity (Wildman–Crippen MR) is 51.5 cm³/mol. The van der Waals surface area contributed by atoms with E-state index in [9.17, 15) is 13.2 Å². The van der Waals surface area contributed by atoms with Crippen LogP contribution in [0, 0.1) is 0 Å². The summed E-state index contributed by atoms with van der Waals surface area (Å²) in [5.41, 5.74) is 0.200. The van der Waals surface area contributed by atoms with Crippen molar-refractivity contribution >= 4 is 21.9 Å². The minimum atomic E-state index is -3.59. The number of carboxylic acid groups (broad SMARTS) is 1. The molecule has 0 unspecified atom stereocenters. The Hall–Kier alpha value is -1.61. The standard InChI is InChI=1S/C6H10N4O4S/c1-7-15(13,14)9-5-2-8-10(3-5)4-6(11)12/h2-3,7,9H,4H2,1H3,(H,11,12). The van der Waals surface area contributed by atoms with Gasteiger partial charge in [-0.3, -0.25) is 14.2 Å². The van der Waals surface area contributed by atoms with Crippen molar-refractivity contribution in [2.24, 2.45) is 0 Å². The number of aromatic nitrogens is 2. The molecule has 1 aromatic heterocycles. The molecule has 0 fully saturated rings. The van der Waals surface area contributed by atoms with E-state index < -0.39 is 16.2 Å². The van der Waals surface area contributed by atoms with E-state index in [1.54, 1.807) is 0 Å². The van der Waals surface area contributed by atoms with Gasteiger partial charge in [-0.1, -0.05) is 0 Å². The van der Waals surface area contributed by atoms with E-state index in [1.165, 1.54) is 19.4 Å². The van der Waals surface area contributed by atoms with Crippen LogP contribution in [0.5, 0.6) is 0 Å². The van der Waals surface area contributed by atoms with Gasteiger partial charge in [0.2, 0.25) is 0 Å². The lowest BCUT2D eigenvalue weighted by Crippen LogP contribution is -2.26. The van der Waals surface area contributed by atoms with Gasteiger partial charge in [-0.25, -0.2) is 4.72 Å². The number of rotatable bonds is 5. The number of hydrogen-bond donors (Lipinski definition) is 3. The lowest BCUT2D eigenvalue weighted by Gasteiger charge is -2.01. The molecule has 3 N–H and O–H groups in total. The molecule has 0 bridgehead atoms. The third kappa shape index (κ3) is 3.56. The minimum absolute atomic E-state index is 0.200. The molecule has 0 spiro atoms. The summed E-state index contributed by atoms with van der Waals surface area (Å²) in [4.78, 5) is 10.3. The molecular weight excluding hydrogens is 224 g/mol. The van der Waals surface area contributed by atoms with Crippen LogP contribution >= 0.6 is 0 Å². The van der Waals surface area contributed by atoms with Crippen molar-refractivity contribution in [1.82, 2.24) is 14.5 Å². The molecule has 0 radical (unpaired) electrons. The molecule has 0 atom stereocenters. The molecule has 8 nitrogen and oxygen atoms in total. The summed E-state index contributed by atoms with van der Waals surface area (Å²) < 4.78 is 27.4. The number of nitrogens with one attached hydrogen (secondary N) is 2. The number of aliphatic carboxylic acids is 1. The third-order valence-electron chi connectivity index (χ3n) is 1.45. The second-order valence-electron chi connectivity index (χ2n) is 2.63. The van der Waals surface area contributed by atoms with Gasteiger partial charge in [-0.15, -0.1) is 0 Å². The van der Waals surface area contributed by atoms with Crippen molar-refractivity contribution in [1.29, 1.82) is 0 Å². The molecule has 0 aliphatic carbocycles. The number of carbonyl (C=O) groups is 1. The fraction of sp³-hybridized carbons (Fsp3) is 0.333. The van der Waals surface area contributed by atoms with Crippen molar-refractivity contribution in [3.05, 3.63) is 12.4 Å². The molecule has 0 aliphatic heterocycles. The maximum Gasteiger partial charge on any atom is 0.325 e. The summed E-state index contributed by atoms with van der Waals surface area (Å²) in [6.07, 6.45) is 2.50. The van der Waals surface area contributed by atoms with E-state index in [2.05, 4.69) is 9.82 Å². The van der Waals surface area contributed by atoms with Gasteiger partial charge in [0.1, 0.15) is 6.54 Å². The highest BCUT2D eigenvalue weighted by Gasteiger charge is 2.08. The summed E-state index contributed by atoms with van der Waals surface area (Å²) in [7, 11) is -2.33. The van der Waals surface area contributed by atoms with Crippen LogP contribution in [0.3, 0.4) is 0 Å². The van der Waals surface area contributed by atoms with Crippen molar-refractivity contribution in [3.63, 3.8) is 0 Å². The highest BCUT2D eigenvalue weighted by molar-refractivity contribution is 7.90. The topological polar surface area (TPSA) is 113 Å². The Morgan fingerprint density at radius 1 is 1.67 bits per heavy atom. The van der Waals surface area contributed by atoms with Gasteiger partial charge in [-0.2, -0.15) is 13.5 Å². The Kier molecular flexibility index (Phi) is 3.27. The Balaban J connectivity index is 2.73. The Morgan fingerprint density at radius 2 is 2.33 bits per heavy atom. The number of hydrogen-bond acceptors (Lipinski definition) is 4. The quantitative estimate of drug-likeness (QED) is 0.595. The van der Waals surface area contributed by atoms with E-state index >= 15 is 0 Å². The average molecular weight is 234 g/mol. The fourth-order valence-electron chi connectivity index (χ4n) is 0.848. The van der Waals surface area contributed by atoms with Crippen molar-refractivity contribution in [2.45, 2.75) is 6.54 Å². The first kappa shape index (κ1) is 11.5. The van der Waals surface area contributed by atoms with Crippen molar-refractivity contribution in [3.8, 4) is 0 Å². The summed E-state index contributed by atoms with van der Waals surface area (Å²) >= 11 is 0. The first-order chi connectivity index (χ1) is 6.93. The van der Waals surface area contributed by atoms with Crippen LogP contribution in [0.1, 0.15) is 0 Å². The summed E-state index contributed by atoms with van der Waals surface area (Å²) in [5.74, 6) is -1.05. The minimum Gasteiger partial charge on any atom is -0.480 e. The molecule has 0 amide bonds. The first-order valence-corrected chi connectivity index (χ1v) is 5.37. The van der Waals surface area contributed by atoms with Crippen molar-refractivity contribution < 1.29 is 18.3 Å². The second-order valence-corrected chi connectivity index (χ2v) is 4.25. The molecule has 0 aliphatic rings. The maximum absolute atomic E-state index is 11.0. The maximum atomic E-state index is 11.0. The highest BCUT2D eigenvalue weighted by atomic mass is 32.2. The predicted octanol–water partition coefficient (Wildman–Crippen LogP) is -1.16. The van der Waals surface area contributed by atoms with Gasteiger partial charge in [0.25, 0.3) is 10.2 Å². The van der Waals surface area contributed by atoms with Gasteiger partial charge in [-0.05, 0) is 0 Å². The third-order valence-corrected chi connectivity index (χ3v) is 2.49. The van der Waals surface area contributed by atoms with E-state index in [0.717, 1.165) is 4.68 Å². The monoisotopic (exact) mass is 234 g/mol. The lowest BCUT2D eigenvalue weighted by atomic mass is 10.6. The van der Waals surface area contributed by atoms with Crippen LogP contribution in [0.2, 0.25) is 0 Å². The van der Waals surface area contributed by atoms with Gasteiger partial charge in [0.05, 0.1) is 11.9 Å². The van der Waals surface area contributed by atoms with Crippen LogP contribution in [0.15, 0.2) is 12.4 Å². The lowest BCUT2D eigenvalue weighted by molar-refractivity contribution is -0.137. The molecule has 0 saturated carbocycles. The Labute approximate surface area is 86.1 Å². The first-order valence-electron chi connectivity index (χ1n) is 3.88. The summed E-state index contributed by atoms with van der Waals surface area (Å²) in [6, 6.07) is 0. The van der Waals surface area contributed by atoms with Crippen LogP contribution in [0.25, 0.3) is 0 Å². The van der Waals surface area contributed by atoms with Crippen LogP contribution in [0.4, 0.5) is 5.69 Å². The molecule has 0 aromatic carbocycles. The molecule has 15 heavy (non-hydrogen) atoms. The molecular formula is C6H10N4O4S. The second kappa shape index (κ2) is 4.28. The van der Waals surface area contributed by atoms with Crippen LogP contribution < -0.4 is 9.44 Å². The smallest absolute Gasteiger partial charge is 0.325 e. The molecule has 1 rings (SSSR count). The number of anilines is 1. The van der Waals surface area contributed by atoms with Crippen LogP contribution in [-0.2, 0) is 21.5 Å². The van der Waals surface area contributed by atoms with E-state index in [0.29, 0.717) is 0 Å². The largest absolute Gasteiger partial charge is 0.480 e. The zero-order valence-electron chi connectivity index (χ0n) is 7.84. The zero-order chi connectivity index (χ0) is 11.5. The molecule has 0 saturated heterocycles. The number of nitrogens with zero attached hydrogens (tertiary/aromatic N) is 2. The molecule has 1 aromatic rings. The Morgan fingerprint density at radius 3 is 2.87 bits per heavy atom. The van der Waals surface area contributed by atoms with Gasteiger partial charge >= 0.3 is 5.97 Å². The molecule has 84 valence electrons. The normalized spacial score (nSPS) is 11.3. The Bertz CT molecular complexity index is 451. The van der Waals surface area contributed by atoms with Gasteiger partial charge in [0.15, 0.2) is 0 Å². The fourth-order valence-corrected chi connectivity index (χ4v) is 1.37. The highest BCUT2D eigenvalue weighted by Crippen LogP contribution is 2.05. The number of carboxylic acids is 1. The molecule has 9 heteroatoms. The van der Waals surface area contributed by atoms with Gasteiger partial charge < -0.3 is 5.11 Å². The summed E-state index contributed by atoms with van der Waals surface area (Å²) in [6.45, 7) is -0.318. The average Bonchev–Trinajstić information content (AvgIpc) is 2.50. The van der Waals surface area contributed by atoms with E-state index in [4.69, 9.17) is 5.11 Å². The van der Waals surface area contributed by atoms with Gasteiger partial charge in [0, 0.05) is 13.2 Å². The van der Waals surface area contributed by atoms with Crippen molar-refractivity contribution in [2.75, 3.05) is 11.8 Å².